The third kappa shape index (κ3) is 18.0. The Kier molecular flexibility index (Phi) is 22.9. The summed E-state index contributed by atoms with van der Waals surface area (Å²) in [5.74, 6) is -3.60. The van der Waals surface area contributed by atoms with Gasteiger partial charge in [0.2, 0.25) is 24.2 Å². The SMILES string of the molecule is C=CCOC(=O)O[C@@H]1[C@@H](OC(=O)OCC=C)[C@H](Oc2ccc(CO)cc2NC(=O)CCNC(=O)[C@H](CCCCNC(=O)OCC2c3ccccc3-c3ccccc32)NC(=O)OC(C)(C)C)O[C@H](C(=O)O)[C@H]1OC(=O)OCC=C. The minimum Gasteiger partial charge on any atom is -0.479 e. The fraction of sp³-hybridized carbons (Fsp3) is 0.407. The number of ether oxygens (including phenoxy) is 10. The first-order valence-corrected chi connectivity index (χ1v) is 24.6. The first-order valence-electron chi connectivity index (χ1n) is 24.6. The maximum atomic E-state index is 13.6. The van der Waals surface area contributed by atoms with Crippen LogP contribution in [0.1, 0.15) is 69.1 Å². The summed E-state index contributed by atoms with van der Waals surface area (Å²) in [6.45, 7) is 13.6. The molecule has 1 saturated heterocycles. The van der Waals surface area contributed by atoms with Gasteiger partial charge in [-0.2, -0.15) is 0 Å². The van der Waals surface area contributed by atoms with Crippen LogP contribution < -0.4 is 26.0 Å². The first-order chi connectivity index (χ1) is 37.4. The van der Waals surface area contributed by atoms with Gasteiger partial charge in [-0.05, 0) is 80.0 Å². The molecule has 1 aliphatic heterocycles. The number of benzene rings is 3. The summed E-state index contributed by atoms with van der Waals surface area (Å²) in [6, 6.07) is 18.7. The molecule has 1 aliphatic carbocycles. The number of aliphatic hydroxyl groups excluding tert-OH is 1. The van der Waals surface area contributed by atoms with E-state index in [-0.39, 0.29) is 68.7 Å². The lowest BCUT2D eigenvalue weighted by atomic mass is 9.98. The van der Waals surface area contributed by atoms with Gasteiger partial charge < -0.3 is 78.8 Å². The first kappa shape index (κ1) is 60.2. The molecular formula is C54H64N4O20. The van der Waals surface area contributed by atoms with Gasteiger partial charge in [-0.3, -0.25) is 9.59 Å². The van der Waals surface area contributed by atoms with Crippen molar-refractivity contribution < 1.29 is 95.9 Å². The number of carbonyl (C=O) groups excluding carboxylic acids is 7. The highest BCUT2D eigenvalue weighted by atomic mass is 16.8. The number of nitrogens with one attached hydrogen (secondary N) is 4. The van der Waals surface area contributed by atoms with E-state index in [2.05, 4.69) is 41.0 Å². The Morgan fingerprint density at radius 3 is 1.85 bits per heavy atom. The number of aliphatic hydroxyl groups is 1. The largest absolute Gasteiger partial charge is 0.509 e. The zero-order valence-corrected chi connectivity index (χ0v) is 43.3. The summed E-state index contributed by atoms with van der Waals surface area (Å²) in [5.41, 5.74) is 3.51. The Balaban J connectivity index is 1.24. The molecule has 0 bridgehead atoms. The van der Waals surface area contributed by atoms with Gasteiger partial charge in [-0.1, -0.05) is 92.6 Å². The highest BCUT2D eigenvalue weighted by molar-refractivity contribution is 5.93. The van der Waals surface area contributed by atoms with Crippen molar-refractivity contribution in [2.45, 2.75) is 101 Å². The molecule has 1 heterocycles. The molecule has 6 atom stereocenters. The number of aliphatic carboxylic acids is 1. The van der Waals surface area contributed by atoms with E-state index in [1.807, 2.05) is 48.5 Å². The molecule has 0 spiro atoms. The summed E-state index contributed by atoms with van der Waals surface area (Å²) in [4.78, 5) is 104. The van der Waals surface area contributed by atoms with E-state index in [9.17, 15) is 48.6 Å². The number of amides is 4. The Labute approximate surface area is 449 Å². The number of unbranched alkanes of at least 4 members (excludes halogenated alkanes) is 1. The van der Waals surface area contributed by atoms with Crippen molar-refractivity contribution in [3.05, 3.63) is 121 Å². The minimum absolute atomic E-state index is 0.106. The number of fused-ring (bicyclic) bond motifs is 3. The average Bonchev–Trinajstić information content (AvgIpc) is 3.77. The summed E-state index contributed by atoms with van der Waals surface area (Å²) in [6.07, 6.45) is -12.4. The van der Waals surface area contributed by atoms with Gasteiger partial charge in [0.25, 0.3) is 0 Å². The summed E-state index contributed by atoms with van der Waals surface area (Å²) < 4.78 is 53.5. The second-order valence-electron chi connectivity index (χ2n) is 18.2. The van der Waals surface area contributed by atoms with Gasteiger partial charge in [-0.15, -0.1) is 0 Å². The standard InChI is InChI=1S/C54H64N4O20/c1-7-26-69-51(66)75-42-43(76-52(67)70-27-8-2)45(77-53(68)71-28-9-3)48(74-44(42)47(62)63)73-40-22-21-32(30-59)29-39(40)57-41(60)23-25-55-46(61)38(58-50(65)78-54(4,5)6)20-14-15-24-56-49(64)72-31-37-35-18-12-10-16-33(35)34-17-11-13-19-36(34)37/h7-13,16-19,21-22,29,37-38,42-45,48,59H,1-3,14-15,20,23-28,30-31H2,4-6H3,(H,55,61)(H,56,64)(H,57,60)(H,58,65)(H,62,63)/t38-,42-,43-,44-,45+,48+/m0/s1. The lowest BCUT2D eigenvalue weighted by Gasteiger charge is -2.42. The highest BCUT2D eigenvalue weighted by Crippen LogP contribution is 2.44. The Bertz CT molecular complexity index is 2590. The van der Waals surface area contributed by atoms with Crippen molar-refractivity contribution in [1.82, 2.24) is 16.0 Å². The third-order valence-electron chi connectivity index (χ3n) is 11.3. The molecule has 0 radical (unpaired) electrons. The molecule has 1 fully saturated rings. The minimum atomic E-state index is -2.23. The van der Waals surface area contributed by atoms with Crippen LogP contribution in [0.4, 0.5) is 29.7 Å². The molecular weight excluding hydrogens is 1020 g/mol. The summed E-state index contributed by atoms with van der Waals surface area (Å²) >= 11 is 0. The fourth-order valence-electron chi connectivity index (χ4n) is 7.98. The fourth-order valence-corrected chi connectivity index (χ4v) is 7.98. The molecule has 6 N–H and O–H groups in total. The summed E-state index contributed by atoms with van der Waals surface area (Å²) in [7, 11) is 0. The number of rotatable bonds is 26. The van der Waals surface area contributed by atoms with Gasteiger partial charge in [-0.25, -0.2) is 28.8 Å². The monoisotopic (exact) mass is 1090 g/mol. The zero-order valence-electron chi connectivity index (χ0n) is 43.3. The lowest BCUT2D eigenvalue weighted by Crippen LogP contribution is -2.64. The quantitative estimate of drug-likeness (QED) is 0.0215. The van der Waals surface area contributed by atoms with E-state index in [0.717, 1.165) is 22.3 Å². The predicted octanol–water partition coefficient (Wildman–Crippen LogP) is 6.54. The maximum Gasteiger partial charge on any atom is 0.509 e. The Morgan fingerprint density at radius 1 is 0.705 bits per heavy atom. The lowest BCUT2D eigenvalue weighted by molar-refractivity contribution is -0.275. The Hall–Kier alpha value is -8.64. The highest BCUT2D eigenvalue weighted by Gasteiger charge is 2.57. The molecule has 0 saturated carbocycles. The van der Waals surface area contributed by atoms with Gasteiger partial charge in [0.1, 0.15) is 43.8 Å². The van der Waals surface area contributed by atoms with Crippen LogP contribution in [0.3, 0.4) is 0 Å². The molecule has 78 heavy (non-hydrogen) atoms. The van der Waals surface area contributed by atoms with Crippen LogP contribution in [0.15, 0.2) is 105 Å². The number of anilines is 1. The van der Waals surface area contributed by atoms with Crippen LogP contribution in [-0.4, -0.2) is 141 Å². The van der Waals surface area contributed by atoms with Gasteiger partial charge in [0.05, 0.1) is 12.3 Å². The van der Waals surface area contributed by atoms with Crippen molar-refractivity contribution in [2.24, 2.45) is 0 Å². The van der Waals surface area contributed by atoms with Gasteiger partial charge in [0, 0.05) is 25.4 Å². The molecule has 2 aliphatic rings. The van der Waals surface area contributed by atoms with Crippen molar-refractivity contribution in [3.8, 4) is 16.9 Å². The van der Waals surface area contributed by atoms with Crippen molar-refractivity contribution in [1.29, 1.82) is 0 Å². The van der Waals surface area contributed by atoms with Crippen LogP contribution in [0.25, 0.3) is 11.1 Å². The van der Waals surface area contributed by atoms with E-state index in [4.69, 9.17) is 47.4 Å². The molecule has 3 aromatic rings. The van der Waals surface area contributed by atoms with Gasteiger partial charge in [0.15, 0.2) is 18.3 Å². The Morgan fingerprint density at radius 2 is 1.28 bits per heavy atom. The maximum absolute atomic E-state index is 13.6. The second kappa shape index (κ2) is 29.6. The molecule has 0 aromatic heterocycles. The topological polar surface area (TPSA) is 317 Å². The smallest absolute Gasteiger partial charge is 0.479 e. The number of alkyl carbamates (subject to hydrolysis) is 2. The molecule has 0 unspecified atom stereocenters. The van der Waals surface area contributed by atoms with E-state index in [1.165, 1.54) is 36.4 Å². The van der Waals surface area contributed by atoms with Crippen molar-refractivity contribution in [3.63, 3.8) is 0 Å². The van der Waals surface area contributed by atoms with Crippen LogP contribution in [0.5, 0.6) is 5.75 Å². The number of carboxylic acid groups (broad SMARTS) is 1. The number of carboxylic acids is 1. The summed E-state index contributed by atoms with van der Waals surface area (Å²) in [5, 5.41) is 30.8. The van der Waals surface area contributed by atoms with E-state index >= 15 is 0 Å². The second-order valence-corrected chi connectivity index (χ2v) is 18.2. The van der Waals surface area contributed by atoms with E-state index < -0.39 is 104 Å². The molecule has 3 aromatic carbocycles. The molecule has 5 rings (SSSR count). The molecule has 24 heteroatoms. The average molecular weight is 1090 g/mol. The van der Waals surface area contributed by atoms with Crippen molar-refractivity contribution >= 4 is 54.1 Å². The molecule has 24 nitrogen and oxygen atoms in total. The van der Waals surface area contributed by atoms with Crippen LogP contribution >= 0.6 is 0 Å². The van der Waals surface area contributed by atoms with Crippen LogP contribution in [-0.2, 0) is 63.6 Å². The zero-order chi connectivity index (χ0) is 56.8. The number of hydrogen-bond donors (Lipinski definition) is 6. The van der Waals surface area contributed by atoms with Gasteiger partial charge >= 0.3 is 36.6 Å². The van der Waals surface area contributed by atoms with E-state index in [1.54, 1.807) is 20.8 Å². The van der Waals surface area contributed by atoms with Crippen LogP contribution in [0, 0.1) is 0 Å². The normalized spacial score (nSPS) is 17.6. The molecule has 420 valence electrons. The van der Waals surface area contributed by atoms with Crippen molar-refractivity contribution in [2.75, 3.05) is 44.8 Å². The third-order valence-corrected chi connectivity index (χ3v) is 11.3. The van der Waals surface area contributed by atoms with E-state index in [0.29, 0.717) is 12.8 Å². The number of hydrogen-bond acceptors (Lipinski definition) is 19. The molecule has 4 amide bonds. The predicted molar refractivity (Wildman–Crippen MR) is 275 cm³/mol. The number of carbonyl (C=O) groups is 8. The van der Waals surface area contributed by atoms with Crippen LogP contribution in [0.2, 0.25) is 0 Å².